The molecule has 4 atom stereocenters. The number of thioether (sulfide) groups is 1. The fraction of sp³-hybridized carbons (Fsp3) is 0.654. The summed E-state index contributed by atoms with van der Waals surface area (Å²) in [6.07, 6.45) is 3.40. The number of carbonyl (C=O) groups excluding carboxylic acids is 3. The molecule has 1 fully saturated rings. The highest BCUT2D eigenvalue weighted by Crippen LogP contribution is 2.26. The first kappa shape index (κ1) is 29.8. The van der Waals surface area contributed by atoms with E-state index in [1.54, 1.807) is 18.9 Å². The Labute approximate surface area is 218 Å². The molecule has 1 saturated carbocycles. The Morgan fingerprint density at radius 2 is 1.81 bits per heavy atom. The number of methoxy groups -OCH3 is 1. The molecule has 0 aliphatic heterocycles. The highest BCUT2D eigenvalue weighted by molar-refractivity contribution is 7.98. The average Bonchev–Trinajstić information content (AvgIpc) is 2.81. The molecule has 0 spiro atoms. The monoisotopic (exact) mass is 523 g/mol. The van der Waals surface area contributed by atoms with Crippen LogP contribution in [0.4, 0.5) is 9.59 Å². The molecular weight excluding hydrogens is 482 g/mol. The molecular formula is C26H41N3O6S. The second kappa shape index (κ2) is 14.9. The summed E-state index contributed by atoms with van der Waals surface area (Å²) in [6, 6.07) is 8.48. The number of alkyl carbamates (subject to hydrolysis) is 2. The molecule has 1 aromatic rings. The van der Waals surface area contributed by atoms with Crippen LogP contribution in [0, 0.1) is 5.92 Å². The molecule has 0 radical (unpaired) electrons. The third kappa shape index (κ3) is 11.1. The van der Waals surface area contributed by atoms with Crippen molar-refractivity contribution in [1.82, 2.24) is 16.0 Å². The minimum Gasteiger partial charge on any atom is -0.445 e. The summed E-state index contributed by atoms with van der Waals surface area (Å²) >= 11 is 1.60. The van der Waals surface area contributed by atoms with Gasteiger partial charge in [0.1, 0.15) is 18.2 Å². The van der Waals surface area contributed by atoms with Crippen molar-refractivity contribution >= 4 is 29.9 Å². The summed E-state index contributed by atoms with van der Waals surface area (Å²) in [5.74, 6) is 0.481. The van der Waals surface area contributed by atoms with Gasteiger partial charge in [0, 0.05) is 25.1 Å². The van der Waals surface area contributed by atoms with E-state index in [-0.39, 0.29) is 30.5 Å². The lowest BCUT2D eigenvalue weighted by Gasteiger charge is -2.37. The van der Waals surface area contributed by atoms with E-state index >= 15 is 0 Å². The number of ether oxygens (including phenoxy) is 3. The lowest BCUT2D eigenvalue weighted by atomic mass is 9.81. The van der Waals surface area contributed by atoms with E-state index in [1.807, 2.05) is 57.4 Å². The molecule has 1 aromatic carbocycles. The van der Waals surface area contributed by atoms with Gasteiger partial charge < -0.3 is 30.2 Å². The van der Waals surface area contributed by atoms with Gasteiger partial charge in [-0.25, -0.2) is 9.59 Å². The standard InChI is InChI=1S/C26H41N3O6S/c1-26(2,3)35-25(32)27-20-11-12-21(19(15-20)17-33-4)28-23(30)22(13-14-36-5)29-24(31)34-16-18-9-7-6-8-10-18/h6-10,19-22H,11-17H2,1-5H3,(H,27,32)(H,28,30)(H,29,31)/t19-,20+,21-,22-/m0/s1. The van der Waals surface area contributed by atoms with Crippen LogP contribution in [-0.2, 0) is 25.6 Å². The minimum atomic E-state index is -0.707. The molecule has 0 saturated heterocycles. The van der Waals surface area contributed by atoms with E-state index in [0.29, 0.717) is 38.0 Å². The first-order chi connectivity index (χ1) is 17.1. The van der Waals surface area contributed by atoms with Crippen molar-refractivity contribution in [2.45, 2.75) is 76.8 Å². The van der Waals surface area contributed by atoms with Crippen molar-refractivity contribution in [3.8, 4) is 0 Å². The third-order valence-electron chi connectivity index (χ3n) is 5.84. The average molecular weight is 524 g/mol. The van der Waals surface area contributed by atoms with Crippen LogP contribution in [0.15, 0.2) is 30.3 Å². The predicted octanol–water partition coefficient (Wildman–Crippen LogP) is 3.86. The Morgan fingerprint density at radius 1 is 1.08 bits per heavy atom. The maximum atomic E-state index is 13.2. The molecule has 3 N–H and O–H groups in total. The molecule has 2 rings (SSSR count). The normalized spacial score (nSPS) is 20.6. The van der Waals surface area contributed by atoms with Crippen molar-refractivity contribution in [1.29, 1.82) is 0 Å². The van der Waals surface area contributed by atoms with Crippen LogP contribution in [0.3, 0.4) is 0 Å². The molecule has 1 aliphatic rings. The van der Waals surface area contributed by atoms with Gasteiger partial charge >= 0.3 is 12.2 Å². The molecule has 0 aromatic heterocycles. The fourth-order valence-electron chi connectivity index (χ4n) is 4.15. The SMILES string of the molecule is COC[C@@H]1C[C@H](NC(=O)OC(C)(C)C)CC[C@@H]1NC(=O)[C@H](CCSC)NC(=O)OCc1ccccc1. The van der Waals surface area contributed by atoms with E-state index in [4.69, 9.17) is 14.2 Å². The minimum absolute atomic E-state index is 0.0128. The van der Waals surface area contributed by atoms with Crippen LogP contribution in [0.2, 0.25) is 0 Å². The van der Waals surface area contributed by atoms with Crippen LogP contribution in [-0.4, -0.2) is 67.5 Å². The summed E-state index contributed by atoms with van der Waals surface area (Å²) in [5, 5.41) is 8.77. The van der Waals surface area contributed by atoms with Crippen molar-refractivity contribution in [2.24, 2.45) is 5.92 Å². The van der Waals surface area contributed by atoms with Crippen LogP contribution in [0.5, 0.6) is 0 Å². The molecule has 1 aliphatic carbocycles. The Kier molecular flexibility index (Phi) is 12.4. The molecule has 202 valence electrons. The maximum Gasteiger partial charge on any atom is 0.408 e. The highest BCUT2D eigenvalue weighted by atomic mass is 32.2. The van der Waals surface area contributed by atoms with E-state index in [9.17, 15) is 14.4 Å². The lowest BCUT2D eigenvalue weighted by Crippen LogP contribution is -2.55. The van der Waals surface area contributed by atoms with E-state index < -0.39 is 23.8 Å². The molecule has 0 heterocycles. The Hall–Kier alpha value is -2.46. The first-order valence-electron chi connectivity index (χ1n) is 12.4. The number of benzene rings is 1. The number of carbonyl (C=O) groups is 3. The predicted molar refractivity (Wildman–Crippen MR) is 141 cm³/mol. The Bertz CT molecular complexity index is 833. The molecule has 3 amide bonds. The van der Waals surface area contributed by atoms with Gasteiger partial charge in [-0.2, -0.15) is 11.8 Å². The van der Waals surface area contributed by atoms with Gasteiger partial charge in [0.15, 0.2) is 0 Å². The first-order valence-corrected chi connectivity index (χ1v) is 13.8. The van der Waals surface area contributed by atoms with E-state index in [1.165, 1.54) is 0 Å². The summed E-state index contributed by atoms with van der Waals surface area (Å²) in [4.78, 5) is 37.8. The summed E-state index contributed by atoms with van der Waals surface area (Å²) in [5.41, 5.74) is 0.305. The Balaban J connectivity index is 1.93. The van der Waals surface area contributed by atoms with Crippen molar-refractivity contribution < 1.29 is 28.6 Å². The van der Waals surface area contributed by atoms with E-state index in [2.05, 4.69) is 16.0 Å². The largest absolute Gasteiger partial charge is 0.445 e. The Morgan fingerprint density at radius 3 is 2.44 bits per heavy atom. The maximum absolute atomic E-state index is 13.2. The third-order valence-corrected chi connectivity index (χ3v) is 6.49. The van der Waals surface area contributed by atoms with Gasteiger partial charge in [0.05, 0.1) is 6.61 Å². The lowest BCUT2D eigenvalue weighted by molar-refractivity contribution is -0.124. The highest BCUT2D eigenvalue weighted by Gasteiger charge is 2.34. The molecule has 0 unspecified atom stereocenters. The zero-order valence-electron chi connectivity index (χ0n) is 22.0. The molecule has 9 nitrogen and oxygen atoms in total. The van der Waals surface area contributed by atoms with Gasteiger partial charge in [0.2, 0.25) is 5.91 Å². The fourth-order valence-corrected chi connectivity index (χ4v) is 4.62. The van der Waals surface area contributed by atoms with Crippen molar-refractivity contribution in [2.75, 3.05) is 25.7 Å². The zero-order valence-corrected chi connectivity index (χ0v) is 22.8. The van der Waals surface area contributed by atoms with Crippen LogP contribution in [0.1, 0.15) is 52.0 Å². The summed E-state index contributed by atoms with van der Waals surface area (Å²) < 4.78 is 16.1. The van der Waals surface area contributed by atoms with Gasteiger partial charge in [-0.3, -0.25) is 4.79 Å². The topological polar surface area (TPSA) is 115 Å². The number of hydrogen-bond donors (Lipinski definition) is 3. The quantitative estimate of drug-likeness (QED) is 0.403. The van der Waals surface area contributed by atoms with E-state index in [0.717, 1.165) is 5.56 Å². The van der Waals surface area contributed by atoms with Crippen LogP contribution in [0.25, 0.3) is 0 Å². The van der Waals surface area contributed by atoms with Crippen molar-refractivity contribution in [3.05, 3.63) is 35.9 Å². The van der Waals surface area contributed by atoms with Gasteiger partial charge in [-0.05, 0) is 64.0 Å². The number of nitrogens with one attached hydrogen (secondary N) is 3. The van der Waals surface area contributed by atoms with Crippen molar-refractivity contribution in [3.63, 3.8) is 0 Å². The smallest absolute Gasteiger partial charge is 0.408 e. The molecule has 36 heavy (non-hydrogen) atoms. The number of hydrogen-bond acceptors (Lipinski definition) is 7. The van der Waals surface area contributed by atoms with Crippen LogP contribution < -0.4 is 16.0 Å². The number of rotatable bonds is 11. The molecule has 0 bridgehead atoms. The van der Waals surface area contributed by atoms with Gasteiger partial charge in [-0.15, -0.1) is 0 Å². The second-order valence-corrected chi connectivity index (χ2v) is 11.0. The number of amides is 3. The molecule has 10 heteroatoms. The second-order valence-electron chi connectivity index (χ2n) is 10.0. The zero-order chi connectivity index (χ0) is 26.6. The van der Waals surface area contributed by atoms with Crippen LogP contribution >= 0.6 is 11.8 Å². The summed E-state index contributed by atoms with van der Waals surface area (Å²) in [7, 11) is 1.62. The van der Waals surface area contributed by atoms with Gasteiger partial charge in [-0.1, -0.05) is 30.3 Å². The summed E-state index contributed by atoms with van der Waals surface area (Å²) in [6.45, 7) is 6.05. The van der Waals surface area contributed by atoms with Gasteiger partial charge in [0.25, 0.3) is 0 Å².